The van der Waals surface area contributed by atoms with Gasteiger partial charge in [-0.25, -0.2) is 0 Å². The van der Waals surface area contributed by atoms with Crippen molar-refractivity contribution in [3.05, 3.63) is 0 Å². The van der Waals surface area contributed by atoms with E-state index in [-0.39, 0.29) is 17.6 Å². The lowest BCUT2D eigenvalue weighted by Gasteiger charge is -2.19. The van der Waals surface area contributed by atoms with Crippen molar-refractivity contribution in [3.63, 3.8) is 0 Å². The summed E-state index contributed by atoms with van der Waals surface area (Å²) in [6.45, 7) is 2.31. The molecular weight excluding hydrogens is 405 g/mol. The Balaban J connectivity index is 1.64. The summed E-state index contributed by atoms with van der Waals surface area (Å²) in [5, 5.41) is 0. The molecule has 0 spiro atoms. The summed E-state index contributed by atoms with van der Waals surface area (Å²) in [5.74, 6) is 0. The molecule has 0 radical (unpaired) electrons. The molecule has 1 atom stereocenters. The lowest BCUT2D eigenvalue weighted by atomic mass is 10.0. The van der Waals surface area contributed by atoms with E-state index in [1.54, 1.807) is 12.5 Å². The van der Waals surface area contributed by atoms with Crippen molar-refractivity contribution in [3.8, 4) is 0 Å². The number of rotatable bonds is 21. The van der Waals surface area contributed by atoms with Crippen molar-refractivity contribution < 1.29 is 4.43 Å². The maximum atomic E-state index is 5.87. The summed E-state index contributed by atoms with van der Waals surface area (Å²) in [4.78, 5) is 0. The fourth-order valence-corrected chi connectivity index (χ4v) is 50.0. The second kappa shape index (κ2) is 22.5. The average Bonchev–Trinajstić information content (AvgIpc) is 2.73. The minimum Gasteiger partial charge on any atom is -0.432 e. The molecule has 1 aliphatic rings. The first kappa shape index (κ1) is 26.9. The Morgan fingerprint density at radius 1 is 0.571 bits per heavy atom. The highest BCUT2D eigenvalue weighted by Gasteiger charge is 2.15. The Labute approximate surface area is 186 Å². The first-order valence-electron chi connectivity index (χ1n) is 13.5. The highest BCUT2D eigenvalue weighted by atomic mass is 29.7. The molecule has 0 N–H and O–H groups in total. The van der Waals surface area contributed by atoms with E-state index in [4.69, 9.17) is 4.43 Å². The molecule has 168 valence electrons. The van der Waals surface area contributed by atoms with Gasteiger partial charge >= 0.3 is 0 Å². The lowest BCUT2D eigenvalue weighted by molar-refractivity contribution is 0.416. The van der Waals surface area contributed by atoms with Crippen LogP contribution in [0.2, 0.25) is 6.04 Å². The van der Waals surface area contributed by atoms with E-state index in [2.05, 4.69) is 6.92 Å². The van der Waals surface area contributed by atoms with Gasteiger partial charge in [-0.05, 0) is 0 Å². The van der Waals surface area contributed by atoms with Crippen LogP contribution in [0.4, 0.5) is 0 Å². The van der Waals surface area contributed by atoms with Crippen LogP contribution < -0.4 is 0 Å². The monoisotopic (exact) mass is 458 g/mol. The largest absolute Gasteiger partial charge is 0.432 e. The van der Waals surface area contributed by atoms with Crippen molar-refractivity contribution in [1.29, 1.82) is 0 Å². The number of hydrogen-bond acceptors (Lipinski definition) is 1. The molecule has 0 aromatic carbocycles. The van der Waals surface area contributed by atoms with Crippen LogP contribution in [0, 0.1) is 0 Å². The second-order valence-electron chi connectivity index (χ2n) is 9.59. The fourth-order valence-electron chi connectivity index (χ4n) is 4.72. The van der Waals surface area contributed by atoms with Gasteiger partial charge in [0, 0.05) is 23.3 Å². The van der Waals surface area contributed by atoms with Gasteiger partial charge in [0.1, 0.15) is 9.28 Å². The first-order chi connectivity index (χ1) is 13.9. The number of unbranched alkanes of at least 4 members (excludes halogenated alkanes) is 19. The molecular formula is C23H54OSi4. The first-order valence-corrected chi connectivity index (χ1v) is 27.0. The van der Waals surface area contributed by atoms with E-state index in [0.29, 0.717) is 17.1 Å². The molecule has 0 amide bonds. The lowest BCUT2D eigenvalue weighted by Crippen LogP contribution is -2.41. The molecule has 1 unspecified atom stereocenters. The molecule has 0 bridgehead atoms. The zero-order valence-electron chi connectivity index (χ0n) is 19.7. The van der Waals surface area contributed by atoms with Crippen LogP contribution in [0.3, 0.4) is 0 Å². The van der Waals surface area contributed by atoms with Crippen molar-refractivity contribution in [2.24, 2.45) is 0 Å². The topological polar surface area (TPSA) is 9.23 Å². The van der Waals surface area contributed by atoms with Gasteiger partial charge in [0.15, 0.2) is 0 Å². The van der Waals surface area contributed by atoms with E-state index >= 15 is 0 Å². The third kappa shape index (κ3) is 18.8. The van der Waals surface area contributed by atoms with Crippen LogP contribution in [0.1, 0.15) is 135 Å². The molecule has 0 aromatic rings. The highest BCUT2D eigenvalue weighted by molar-refractivity contribution is 7.48. The predicted octanol–water partition coefficient (Wildman–Crippen LogP) is 5.35. The Bertz CT molecular complexity index is 298. The summed E-state index contributed by atoms with van der Waals surface area (Å²) in [5.41, 5.74) is 0. The minimum atomic E-state index is -0.212. The van der Waals surface area contributed by atoms with E-state index in [1.165, 1.54) is 128 Å². The molecule has 28 heavy (non-hydrogen) atoms. The molecule has 1 aliphatic heterocycles. The van der Waals surface area contributed by atoms with E-state index in [0.717, 1.165) is 0 Å². The molecule has 0 aliphatic carbocycles. The Morgan fingerprint density at radius 3 is 1.32 bits per heavy atom. The van der Waals surface area contributed by atoms with Gasteiger partial charge in [0.05, 0.1) is 8.31 Å². The average molecular weight is 459 g/mol. The van der Waals surface area contributed by atoms with Crippen LogP contribution in [0.25, 0.3) is 0 Å². The second-order valence-corrected chi connectivity index (χ2v) is 34.4. The normalized spacial score (nSPS) is 19.8. The van der Waals surface area contributed by atoms with Gasteiger partial charge in [-0.15, -0.1) is 0 Å². The summed E-state index contributed by atoms with van der Waals surface area (Å²) in [6.07, 6.45) is 31.2. The van der Waals surface area contributed by atoms with Gasteiger partial charge in [-0.1, -0.05) is 141 Å². The van der Waals surface area contributed by atoms with Gasteiger partial charge in [0.25, 0.3) is 0 Å². The molecule has 1 nitrogen and oxygen atoms in total. The molecule has 1 saturated heterocycles. The van der Waals surface area contributed by atoms with Crippen molar-refractivity contribution in [2.45, 2.75) is 141 Å². The third-order valence-corrected chi connectivity index (χ3v) is 43.1. The number of hydrogen-bond donors (Lipinski definition) is 0. The molecule has 0 saturated carbocycles. The molecule has 1 rings (SSSR count). The predicted molar refractivity (Wildman–Crippen MR) is 142 cm³/mol. The highest BCUT2D eigenvalue weighted by Crippen LogP contribution is 2.15. The van der Waals surface area contributed by atoms with Gasteiger partial charge in [-0.2, -0.15) is 0 Å². The van der Waals surface area contributed by atoms with E-state index < -0.39 is 0 Å². The van der Waals surface area contributed by atoms with Gasteiger partial charge in [0.2, 0.25) is 0 Å². The van der Waals surface area contributed by atoms with Crippen molar-refractivity contribution in [2.75, 3.05) is 6.23 Å². The zero-order chi connectivity index (χ0) is 20.0. The molecule has 0 aromatic heterocycles. The summed E-state index contributed by atoms with van der Waals surface area (Å²) in [7, 11) is 1.01. The van der Waals surface area contributed by atoms with Crippen LogP contribution in [0.15, 0.2) is 0 Å². The SMILES string of the molecule is CCCCCCCCCCCCCCCCCCCCCC[SiH]1CO[SiH2][SiH2][SiH2]1. The quantitative estimate of drug-likeness (QED) is 0.166. The van der Waals surface area contributed by atoms with E-state index in [9.17, 15) is 0 Å². The Kier molecular flexibility index (Phi) is 21.6. The van der Waals surface area contributed by atoms with Crippen LogP contribution in [-0.2, 0) is 4.43 Å². The summed E-state index contributed by atoms with van der Waals surface area (Å²) >= 11 is 0. The Hall–Kier alpha value is 0.828. The maximum Gasteiger partial charge on any atom is 0.139 e. The molecule has 1 heterocycles. The third-order valence-electron chi connectivity index (χ3n) is 6.72. The van der Waals surface area contributed by atoms with E-state index in [1.807, 2.05) is 0 Å². The van der Waals surface area contributed by atoms with Gasteiger partial charge < -0.3 is 4.43 Å². The van der Waals surface area contributed by atoms with Crippen molar-refractivity contribution in [1.82, 2.24) is 0 Å². The minimum absolute atomic E-state index is 0.152. The Morgan fingerprint density at radius 2 is 0.964 bits per heavy atom. The fraction of sp³-hybridized carbons (Fsp3) is 1.00. The molecule has 1 fully saturated rings. The zero-order valence-corrected chi connectivity index (χ0v) is 25.1. The van der Waals surface area contributed by atoms with Crippen LogP contribution in [-0.4, -0.2) is 40.9 Å². The smallest absolute Gasteiger partial charge is 0.139 e. The van der Waals surface area contributed by atoms with Gasteiger partial charge in [-0.3, -0.25) is 0 Å². The summed E-state index contributed by atoms with van der Waals surface area (Å²) < 4.78 is 5.87. The van der Waals surface area contributed by atoms with Crippen LogP contribution in [0.5, 0.6) is 0 Å². The maximum absolute atomic E-state index is 5.87. The van der Waals surface area contributed by atoms with Crippen molar-refractivity contribution >= 4 is 34.7 Å². The summed E-state index contributed by atoms with van der Waals surface area (Å²) in [6, 6.07) is 1.67. The van der Waals surface area contributed by atoms with Crippen LogP contribution >= 0.6 is 0 Å². The molecule has 5 heteroatoms. The standard InChI is InChI=1S/C23H54OSi4/c1-2-3-4-5-6-7-8-9-10-11-12-13-14-15-16-17-18-19-20-21-22-28-23-24-25-26-27-28/h28H,2-23,25-27H2,1H3.